The summed E-state index contributed by atoms with van der Waals surface area (Å²) in [5.74, 6) is 2.88. The average Bonchev–Trinajstić information content (AvgIpc) is 3.57. The van der Waals surface area contributed by atoms with Crippen LogP contribution in [0, 0.1) is 28.6 Å². The van der Waals surface area contributed by atoms with E-state index < -0.39 is 5.60 Å². The molecule has 5 aliphatic rings. The highest BCUT2D eigenvalue weighted by Crippen LogP contribution is 2.69. The first-order chi connectivity index (χ1) is 18.9. The zero-order valence-corrected chi connectivity index (χ0v) is 24.6. The number of aliphatic hydroxyl groups is 1. The van der Waals surface area contributed by atoms with Crippen LogP contribution in [0.5, 0.6) is 5.75 Å². The minimum Gasteiger partial charge on any atom is -0.497 e. The van der Waals surface area contributed by atoms with Gasteiger partial charge in [-0.2, -0.15) is 0 Å². The average molecular weight is 538 g/mol. The third-order valence-corrected chi connectivity index (χ3v) is 12.1. The molecule has 4 aliphatic carbocycles. The van der Waals surface area contributed by atoms with E-state index in [-0.39, 0.29) is 16.9 Å². The summed E-state index contributed by atoms with van der Waals surface area (Å²) in [5.41, 5.74) is 2.22. The highest BCUT2D eigenvalue weighted by Gasteiger charge is 2.64. The Morgan fingerprint density at radius 2 is 1.67 bits per heavy atom. The number of nitrogens with zero attached hydrogens (tertiary/aromatic N) is 1. The van der Waals surface area contributed by atoms with Gasteiger partial charge in [0.15, 0.2) is 0 Å². The number of rotatable bonds is 9. The van der Waals surface area contributed by atoms with Gasteiger partial charge in [-0.25, -0.2) is 0 Å². The van der Waals surface area contributed by atoms with Crippen molar-refractivity contribution in [1.29, 1.82) is 0 Å². The van der Waals surface area contributed by atoms with Crippen molar-refractivity contribution in [3.8, 4) is 5.75 Å². The van der Waals surface area contributed by atoms with Gasteiger partial charge in [-0.3, -0.25) is 0 Å². The van der Waals surface area contributed by atoms with Crippen molar-refractivity contribution in [2.45, 2.75) is 89.8 Å². The van der Waals surface area contributed by atoms with Crippen molar-refractivity contribution in [1.82, 2.24) is 4.90 Å². The summed E-state index contributed by atoms with van der Waals surface area (Å²) in [5, 5.41) is 12.2. The summed E-state index contributed by atoms with van der Waals surface area (Å²) >= 11 is 0. The van der Waals surface area contributed by atoms with Crippen LogP contribution in [0.1, 0.15) is 83.6 Å². The molecule has 0 unspecified atom stereocenters. The lowest BCUT2D eigenvalue weighted by molar-refractivity contribution is -0.133. The Kier molecular flexibility index (Phi) is 7.91. The summed E-state index contributed by atoms with van der Waals surface area (Å²) in [6.07, 6.45) is 14.6. The zero-order chi connectivity index (χ0) is 27.1. The molecule has 1 aliphatic heterocycles. The summed E-state index contributed by atoms with van der Waals surface area (Å²) < 4.78 is 17.6. The predicted molar refractivity (Wildman–Crippen MR) is 155 cm³/mol. The Bertz CT molecular complexity index is 1020. The second-order valence-corrected chi connectivity index (χ2v) is 13.7. The van der Waals surface area contributed by atoms with Crippen LogP contribution in [-0.4, -0.2) is 62.7 Å². The Morgan fingerprint density at radius 3 is 2.44 bits per heavy atom. The molecule has 0 spiro atoms. The number of likely N-dealkylation sites (tertiary alicyclic amines) is 1. The SMILES string of the molecule is COc1ccc([C@]2(O)CC[C@H]3[C@@H]4CCC5=C[C@@H](OCCOCCN6CCCC6)CC[C@]5(C)[C@H]4CC[C@@]32C)cc1. The van der Waals surface area contributed by atoms with Crippen LogP contribution < -0.4 is 4.74 Å². The molecule has 5 nitrogen and oxygen atoms in total. The largest absolute Gasteiger partial charge is 0.497 e. The Balaban J connectivity index is 1.07. The maximum absolute atomic E-state index is 12.2. The fourth-order valence-corrected chi connectivity index (χ4v) is 9.75. The smallest absolute Gasteiger partial charge is 0.118 e. The second kappa shape index (κ2) is 11.1. The van der Waals surface area contributed by atoms with Crippen LogP contribution in [0.4, 0.5) is 0 Å². The lowest BCUT2D eigenvalue weighted by atomic mass is 9.46. The van der Waals surface area contributed by atoms with Crippen molar-refractivity contribution in [2.24, 2.45) is 28.6 Å². The van der Waals surface area contributed by atoms with Gasteiger partial charge in [-0.05, 0) is 118 Å². The van der Waals surface area contributed by atoms with E-state index >= 15 is 0 Å². The van der Waals surface area contributed by atoms with Crippen LogP contribution >= 0.6 is 0 Å². The highest BCUT2D eigenvalue weighted by atomic mass is 16.5. The fourth-order valence-electron chi connectivity index (χ4n) is 9.75. The van der Waals surface area contributed by atoms with Gasteiger partial charge in [0.2, 0.25) is 0 Å². The summed E-state index contributed by atoms with van der Waals surface area (Å²) in [4.78, 5) is 2.50. The van der Waals surface area contributed by atoms with E-state index in [2.05, 4.69) is 37.0 Å². The molecule has 1 saturated heterocycles. The van der Waals surface area contributed by atoms with E-state index in [0.717, 1.165) is 56.1 Å². The quantitative estimate of drug-likeness (QED) is 0.294. The van der Waals surface area contributed by atoms with Crippen molar-refractivity contribution >= 4 is 0 Å². The zero-order valence-electron chi connectivity index (χ0n) is 24.6. The lowest BCUT2D eigenvalue weighted by Gasteiger charge is -2.59. The number of allylic oxidation sites excluding steroid dienone is 1. The maximum atomic E-state index is 12.2. The number of ether oxygens (including phenoxy) is 3. The van der Waals surface area contributed by atoms with Crippen LogP contribution in [0.2, 0.25) is 0 Å². The van der Waals surface area contributed by atoms with Crippen molar-refractivity contribution in [3.63, 3.8) is 0 Å². The molecule has 7 atom stereocenters. The molecular weight excluding hydrogens is 486 g/mol. The van der Waals surface area contributed by atoms with Gasteiger partial charge >= 0.3 is 0 Å². The molecule has 1 aromatic carbocycles. The molecule has 0 aromatic heterocycles. The standard InChI is InChI=1S/C34H51NO4/c1-32-15-12-28(39-23-22-38-21-20-35-18-4-5-19-35)24-26(32)8-11-29-30(32)13-16-33(2)31(29)14-17-34(33,36)25-6-9-27(37-3)10-7-25/h6-7,9-10,24,28-31,36H,4-5,8,11-23H2,1-3H3/t28-,29+,30-,31-,32-,33-,34+/m0/s1. The minimum absolute atomic E-state index is 0.0601. The van der Waals surface area contributed by atoms with Crippen LogP contribution in [-0.2, 0) is 15.1 Å². The normalized spacial score (nSPS) is 40.1. The Hall–Kier alpha value is -1.40. The van der Waals surface area contributed by atoms with E-state index in [1.165, 1.54) is 51.6 Å². The van der Waals surface area contributed by atoms with Gasteiger partial charge in [0.05, 0.1) is 38.6 Å². The summed E-state index contributed by atoms with van der Waals surface area (Å²) in [6.45, 7) is 10.7. The van der Waals surface area contributed by atoms with Gasteiger partial charge in [0.1, 0.15) is 5.75 Å². The summed E-state index contributed by atoms with van der Waals surface area (Å²) in [6, 6.07) is 8.22. The molecule has 216 valence electrons. The first-order valence-electron chi connectivity index (χ1n) is 15.9. The minimum atomic E-state index is -0.742. The molecule has 0 amide bonds. The first-order valence-corrected chi connectivity index (χ1v) is 15.9. The van der Waals surface area contributed by atoms with Crippen molar-refractivity contribution in [2.75, 3.05) is 46.6 Å². The topological polar surface area (TPSA) is 51.2 Å². The van der Waals surface area contributed by atoms with Crippen LogP contribution in [0.3, 0.4) is 0 Å². The Labute approximate surface area is 236 Å². The molecule has 1 heterocycles. The molecule has 4 fully saturated rings. The number of benzene rings is 1. The fraction of sp³-hybridized carbons (Fsp3) is 0.765. The van der Waals surface area contributed by atoms with Crippen molar-refractivity contribution in [3.05, 3.63) is 41.5 Å². The molecule has 39 heavy (non-hydrogen) atoms. The molecule has 3 saturated carbocycles. The van der Waals surface area contributed by atoms with E-state index in [1.807, 2.05) is 12.1 Å². The Morgan fingerprint density at radius 1 is 0.897 bits per heavy atom. The predicted octanol–water partition coefficient (Wildman–Crippen LogP) is 6.34. The van der Waals surface area contributed by atoms with Gasteiger partial charge in [0.25, 0.3) is 0 Å². The number of hydrogen-bond donors (Lipinski definition) is 1. The van der Waals surface area contributed by atoms with Gasteiger partial charge in [0, 0.05) is 12.0 Å². The molecule has 6 rings (SSSR count). The molecule has 1 aromatic rings. The third kappa shape index (κ3) is 4.90. The lowest BCUT2D eigenvalue weighted by Crippen LogP contribution is -2.54. The van der Waals surface area contributed by atoms with Crippen molar-refractivity contribution < 1.29 is 19.3 Å². The van der Waals surface area contributed by atoms with Gasteiger partial charge < -0.3 is 24.2 Å². The molecular formula is C34H51NO4. The first kappa shape index (κ1) is 27.8. The molecule has 1 N–H and O–H groups in total. The molecule has 0 radical (unpaired) electrons. The van der Waals surface area contributed by atoms with Gasteiger partial charge in [-0.1, -0.05) is 37.6 Å². The van der Waals surface area contributed by atoms with E-state index in [0.29, 0.717) is 25.0 Å². The highest BCUT2D eigenvalue weighted by molar-refractivity contribution is 5.35. The monoisotopic (exact) mass is 537 g/mol. The summed E-state index contributed by atoms with van der Waals surface area (Å²) in [7, 11) is 1.70. The van der Waals surface area contributed by atoms with Crippen LogP contribution in [0.25, 0.3) is 0 Å². The van der Waals surface area contributed by atoms with Gasteiger partial charge in [-0.15, -0.1) is 0 Å². The number of methoxy groups -OCH3 is 1. The number of fused-ring (bicyclic) bond motifs is 5. The molecule has 5 heteroatoms. The van der Waals surface area contributed by atoms with E-state index in [9.17, 15) is 5.11 Å². The van der Waals surface area contributed by atoms with E-state index in [1.54, 1.807) is 12.7 Å². The number of hydrogen-bond acceptors (Lipinski definition) is 5. The van der Waals surface area contributed by atoms with E-state index in [4.69, 9.17) is 14.2 Å². The molecule has 0 bridgehead atoms. The second-order valence-electron chi connectivity index (χ2n) is 13.7. The van der Waals surface area contributed by atoms with Crippen LogP contribution in [0.15, 0.2) is 35.9 Å². The third-order valence-electron chi connectivity index (χ3n) is 12.1. The maximum Gasteiger partial charge on any atom is 0.118 e.